The van der Waals surface area contributed by atoms with Crippen LogP contribution in [0.15, 0.2) is 394 Å². The average molecular weight is 1620 g/mol. The molecule has 10 nitrogen and oxygen atoms in total. The fraction of sp³-hybridized carbons (Fsp3) is 0. The van der Waals surface area contributed by atoms with Gasteiger partial charge in [-0.3, -0.25) is 9.13 Å². The zero-order valence-electron chi connectivity index (χ0n) is 65.9. The van der Waals surface area contributed by atoms with E-state index in [0.717, 1.165) is 234 Å². The zero-order valence-corrected chi connectivity index (χ0v) is 67.6. The van der Waals surface area contributed by atoms with Gasteiger partial charge in [0.25, 0.3) is 0 Å². The fourth-order valence-corrected chi connectivity index (χ4v) is 22.1. The lowest BCUT2D eigenvalue weighted by Gasteiger charge is -2.11. The highest BCUT2D eigenvalue weighted by Crippen LogP contribution is 2.52. The van der Waals surface area contributed by atoms with Crippen molar-refractivity contribution < 1.29 is 17.7 Å². The van der Waals surface area contributed by atoms with E-state index >= 15 is 0 Å². The smallest absolute Gasteiger partial charge is 0.235 e. The van der Waals surface area contributed by atoms with Gasteiger partial charge in [0, 0.05) is 96.3 Å². The molecule has 0 aliphatic carbocycles. The maximum absolute atomic E-state index is 7.14. The number of hydrogen-bond donors (Lipinski definition) is 0. The van der Waals surface area contributed by atoms with Crippen molar-refractivity contribution in [2.45, 2.75) is 0 Å². The number of fused-ring (bicyclic) bond motifs is 30. The van der Waals surface area contributed by atoms with E-state index in [-0.39, 0.29) is 0 Å². The van der Waals surface area contributed by atoms with Crippen LogP contribution in [0, 0.1) is 0 Å². The van der Waals surface area contributed by atoms with Gasteiger partial charge in [-0.25, -0.2) is 19.9 Å². The SMILES string of the molecule is c1ccc(-c2ccc(-c3nc(-n4c5ccccc5c5c6oc7cc(-c8cccc9c8oc8ccccc89)c8ccccc8c7c6ccc54)nc4c3sc3ccccc34)cc2)cc1.c1ccc(-c2cccc(-c3nc(-n4c5ccccc5c5c6oc7cc(-c8cccc9c8oc8ccccc89)c8ccccc8c7c6ccc54)nc4c3sc3ccccc34)c2)cc1. The van der Waals surface area contributed by atoms with E-state index in [1.54, 1.807) is 22.7 Å². The Kier molecular flexibility index (Phi) is 14.8. The van der Waals surface area contributed by atoms with E-state index in [0.29, 0.717) is 11.9 Å². The molecule has 576 valence electrons. The van der Waals surface area contributed by atoms with Crippen molar-refractivity contribution in [3.8, 4) is 78.9 Å². The van der Waals surface area contributed by atoms with E-state index in [9.17, 15) is 0 Å². The highest BCUT2D eigenvalue weighted by molar-refractivity contribution is 7.26. The molecule has 0 saturated heterocycles. The lowest BCUT2D eigenvalue weighted by molar-refractivity contribution is 0.669. The largest absolute Gasteiger partial charge is 0.455 e. The summed E-state index contributed by atoms with van der Waals surface area (Å²) < 4.78 is 36.4. The number of thiophene rings is 2. The van der Waals surface area contributed by atoms with Gasteiger partial charge in [0.15, 0.2) is 0 Å². The van der Waals surface area contributed by atoms with Crippen molar-refractivity contribution in [1.29, 1.82) is 0 Å². The van der Waals surface area contributed by atoms with Crippen molar-refractivity contribution in [2.24, 2.45) is 0 Å². The summed E-state index contributed by atoms with van der Waals surface area (Å²) in [6.45, 7) is 0. The molecule has 28 aromatic rings. The molecule has 28 rings (SSSR count). The van der Waals surface area contributed by atoms with Crippen LogP contribution in [-0.2, 0) is 0 Å². The van der Waals surface area contributed by atoms with E-state index in [4.69, 9.17) is 37.6 Å². The minimum Gasteiger partial charge on any atom is -0.455 e. The van der Waals surface area contributed by atoms with Crippen LogP contribution in [0.1, 0.15) is 0 Å². The number of benzene rings is 18. The predicted octanol–water partition coefficient (Wildman–Crippen LogP) is 31.8. The number of aromatic nitrogens is 6. The molecule has 0 unspecified atom stereocenters. The number of para-hydroxylation sites is 6. The highest BCUT2D eigenvalue weighted by Gasteiger charge is 2.29. The Labute approximate surface area is 712 Å². The van der Waals surface area contributed by atoms with E-state index < -0.39 is 0 Å². The minimum atomic E-state index is 0.620. The molecule has 0 fully saturated rings. The quantitative estimate of drug-likeness (QED) is 0.148. The normalized spacial score (nSPS) is 12.2. The Morgan fingerprint density at radius 2 is 0.565 bits per heavy atom. The zero-order chi connectivity index (χ0) is 80.9. The summed E-state index contributed by atoms with van der Waals surface area (Å²) in [5.41, 5.74) is 25.6. The maximum atomic E-state index is 7.14. The first-order valence-corrected chi connectivity index (χ1v) is 43.3. The second-order valence-electron chi connectivity index (χ2n) is 32.0. The van der Waals surface area contributed by atoms with Crippen LogP contribution in [0.25, 0.3) is 272 Å². The standard InChI is InChI=1S/2C56H31N3O2S/c1-2-14-32(15-3-1)33-16-12-17-34(30-33)51-55-52(41-22-8-11-27-48(41)62-55)58-56(57-51)59-44-25-9-6-21-40(44)50-45(59)29-28-42-49-37-20-5-4-18-35(37)43(31-47(49)61-54(42)50)39-24-13-23-38-36-19-7-10-26-46(36)60-53(38)39;1-2-13-32(14-3-1)33-25-27-34(28-26-33)51-55-52(41-19-8-11-24-48(41)62-55)58-56(57-51)59-44-22-9-6-18-40(44)50-45(59)30-29-42-49-37-17-5-4-15-35(37)43(31-47(49)61-54(42)50)39-21-12-20-38-36-16-7-10-23-46(36)60-53(38)39/h2*1-31H. The van der Waals surface area contributed by atoms with Crippen molar-refractivity contribution in [2.75, 3.05) is 0 Å². The van der Waals surface area contributed by atoms with Gasteiger partial charge in [-0.05, 0) is 134 Å². The second-order valence-corrected chi connectivity index (χ2v) is 34.1. The molecule has 0 aliphatic rings. The van der Waals surface area contributed by atoms with Gasteiger partial charge in [-0.15, -0.1) is 22.7 Å². The molecule has 10 heterocycles. The van der Waals surface area contributed by atoms with Crippen LogP contribution >= 0.6 is 22.7 Å². The third-order valence-corrected chi connectivity index (χ3v) is 27.6. The Balaban J connectivity index is 0.000000130. The summed E-state index contributed by atoms with van der Waals surface area (Å²) in [5.74, 6) is 1.24. The van der Waals surface area contributed by atoms with Gasteiger partial charge in [0.2, 0.25) is 11.9 Å². The van der Waals surface area contributed by atoms with Crippen LogP contribution < -0.4 is 0 Å². The van der Waals surface area contributed by atoms with E-state index in [2.05, 4.69) is 361 Å². The Morgan fingerprint density at radius 3 is 1.06 bits per heavy atom. The average Bonchev–Trinajstić information content (AvgIpc) is 1.55. The van der Waals surface area contributed by atoms with E-state index in [1.165, 1.54) is 26.1 Å². The number of nitrogens with zero attached hydrogens (tertiary/aromatic N) is 6. The number of furan rings is 4. The molecular weight excluding hydrogens is 1560 g/mol. The number of rotatable bonds is 8. The Morgan fingerprint density at radius 1 is 0.202 bits per heavy atom. The molecule has 0 aliphatic heterocycles. The molecular formula is C112H62N6O4S2. The molecule has 10 aromatic heterocycles. The predicted molar refractivity (Wildman–Crippen MR) is 515 cm³/mol. The lowest BCUT2D eigenvalue weighted by atomic mass is 9.93. The molecule has 0 bridgehead atoms. The topological polar surface area (TPSA) is 114 Å². The van der Waals surface area contributed by atoms with Gasteiger partial charge in [0.1, 0.15) is 44.7 Å². The van der Waals surface area contributed by atoms with Crippen molar-refractivity contribution in [3.05, 3.63) is 376 Å². The first-order valence-electron chi connectivity index (χ1n) is 41.6. The maximum Gasteiger partial charge on any atom is 0.235 e. The summed E-state index contributed by atoms with van der Waals surface area (Å²) in [7, 11) is 0. The fourth-order valence-electron chi connectivity index (χ4n) is 19.8. The first-order chi connectivity index (χ1) is 61.5. The van der Waals surface area contributed by atoms with Gasteiger partial charge < -0.3 is 17.7 Å². The highest BCUT2D eigenvalue weighted by atomic mass is 32.1. The Bertz CT molecular complexity index is 9410. The van der Waals surface area contributed by atoms with Crippen LogP contribution in [-0.4, -0.2) is 29.1 Å². The summed E-state index contributed by atoms with van der Waals surface area (Å²) in [5, 5.41) is 19.8. The third-order valence-electron chi connectivity index (χ3n) is 25.3. The van der Waals surface area contributed by atoms with Crippen molar-refractivity contribution in [1.82, 2.24) is 29.1 Å². The van der Waals surface area contributed by atoms with Crippen LogP contribution in [0.4, 0.5) is 0 Å². The summed E-state index contributed by atoms with van der Waals surface area (Å²) in [4.78, 5) is 21.9. The summed E-state index contributed by atoms with van der Waals surface area (Å²) in [6.07, 6.45) is 0. The van der Waals surface area contributed by atoms with Gasteiger partial charge >= 0.3 is 0 Å². The molecule has 0 atom stereocenters. The van der Waals surface area contributed by atoms with Gasteiger partial charge in [0.05, 0.1) is 64.7 Å². The van der Waals surface area contributed by atoms with E-state index in [1.807, 2.05) is 24.3 Å². The second kappa shape index (κ2) is 26.7. The van der Waals surface area contributed by atoms with Crippen LogP contribution in [0.3, 0.4) is 0 Å². The molecule has 0 saturated carbocycles. The van der Waals surface area contributed by atoms with Crippen LogP contribution in [0.5, 0.6) is 0 Å². The molecule has 0 radical (unpaired) electrons. The Hall–Kier alpha value is -16.1. The molecule has 0 amide bonds. The number of hydrogen-bond acceptors (Lipinski definition) is 10. The summed E-state index contributed by atoms with van der Waals surface area (Å²) >= 11 is 3.50. The third kappa shape index (κ3) is 10.2. The van der Waals surface area contributed by atoms with Gasteiger partial charge in [-0.1, -0.05) is 297 Å². The molecule has 0 spiro atoms. The molecule has 0 N–H and O–H groups in total. The minimum absolute atomic E-state index is 0.620. The molecule has 12 heteroatoms. The summed E-state index contributed by atoms with van der Waals surface area (Å²) in [6, 6.07) is 133. The van der Waals surface area contributed by atoms with Gasteiger partial charge in [-0.2, -0.15) is 0 Å². The first kappa shape index (κ1) is 68.8. The lowest BCUT2D eigenvalue weighted by Crippen LogP contribution is -2.02. The molecule has 18 aromatic carbocycles. The van der Waals surface area contributed by atoms with Crippen LogP contribution in [0.2, 0.25) is 0 Å². The van der Waals surface area contributed by atoms with Crippen molar-refractivity contribution in [3.63, 3.8) is 0 Å². The van der Waals surface area contributed by atoms with Crippen molar-refractivity contribution >= 4 is 216 Å². The molecule has 124 heavy (non-hydrogen) atoms. The monoisotopic (exact) mass is 1620 g/mol.